The summed E-state index contributed by atoms with van der Waals surface area (Å²) in [5, 5.41) is 6.22. The Bertz CT molecular complexity index is 377. The van der Waals surface area contributed by atoms with Gasteiger partial charge in [0.15, 0.2) is 0 Å². The van der Waals surface area contributed by atoms with Gasteiger partial charge in [0.05, 0.1) is 5.92 Å². The van der Waals surface area contributed by atoms with Gasteiger partial charge in [-0.05, 0) is 19.4 Å². The van der Waals surface area contributed by atoms with Crippen LogP contribution in [0.1, 0.15) is 43.8 Å². The molecule has 0 bridgehead atoms. The van der Waals surface area contributed by atoms with Crippen LogP contribution >= 0.6 is 0 Å². The van der Waals surface area contributed by atoms with Crippen LogP contribution in [-0.2, 0) is 6.18 Å². The minimum atomic E-state index is -4.53. The molecule has 0 spiro atoms. The molecule has 0 aliphatic heterocycles. The van der Waals surface area contributed by atoms with Crippen LogP contribution in [0.5, 0.6) is 0 Å². The summed E-state index contributed by atoms with van der Waals surface area (Å²) in [6.45, 7) is 2.74. The first-order valence-corrected chi connectivity index (χ1v) is 5.66. The maximum Gasteiger partial charge on any atom is 0.455 e. The molecule has 2 unspecified atom stereocenters. The lowest BCUT2D eigenvalue weighted by molar-refractivity contribution is -0.146. The molecule has 1 aliphatic carbocycles. The van der Waals surface area contributed by atoms with E-state index in [-0.39, 0.29) is 17.9 Å². The van der Waals surface area contributed by atoms with E-state index in [1.165, 1.54) is 0 Å². The minimum absolute atomic E-state index is 0.0979. The molecule has 1 aromatic rings. The lowest BCUT2D eigenvalue weighted by Crippen LogP contribution is -2.31. The quantitative estimate of drug-likeness (QED) is 0.893. The number of nitrogens with one attached hydrogen (secondary N) is 1. The predicted octanol–water partition coefficient (Wildman–Crippen LogP) is 2.33. The van der Waals surface area contributed by atoms with Crippen LogP contribution in [0.2, 0.25) is 0 Å². The number of hydrogen-bond acceptors (Lipinski definition) is 4. The van der Waals surface area contributed by atoms with Gasteiger partial charge in [-0.25, -0.2) is 0 Å². The maximum absolute atomic E-state index is 12.3. The summed E-state index contributed by atoms with van der Waals surface area (Å²) in [5.74, 6) is -1.19. The molecule has 1 heterocycles. The average Bonchev–Trinajstić information content (AvgIpc) is 2.82. The van der Waals surface area contributed by atoms with Gasteiger partial charge in [0.25, 0.3) is 5.82 Å². The monoisotopic (exact) mass is 249 g/mol. The third kappa shape index (κ3) is 2.59. The minimum Gasteiger partial charge on any atom is -0.339 e. The van der Waals surface area contributed by atoms with Gasteiger partial charge in [0.1, 0.15) is 0 Å². The second-order valence-electron chi connectivity index (χ2n) is 4.16. The van der Waals surface area contributed by atoms with Gasteiger partial charge in [-0.15, -0.1) is 0 Å². The number of likely N-dealkylation sites (N-methyl/N-ethyl adjacent to an activating group) is 1. The standard InChI is InChI=1S/C10H14F3N3O/c1-2-14-7-5-3-4-6(7)8-15-9(16-17-8)10(11,12)13/h6-7,14H,2-5H2,1H3. The van der Waals surface area contributed by atoms with Crippen LogP contribution in [0, 0.1) is 0 Å². The Morgan fingerprint density at radius 1 is 1.41 bits per heavy atom. The molecule has 1 aliphatic rings. The van der Waals surface area contributed by atoms with E-state index in [9.17, 15) is 13.2 Å². The van der Waals surface area contributed by atoms with Crippen molar-refractivity contribution < 1.29 is 17.7 Å². The van der Waals surface area contributed by atoms with E-state index in [0.717, 1.165) is 25.8 Å². The Kier molecular flexibility index (Phi) is 3.37. The van der Waals surface area contributed by atoms with E-state index in [0.29, 0.717) is 0 Å². The third-order valence-corrected chi connectivity index (χ3v) is 2.99. The molecule has 7 heteroatoms. The maximum atomic E-state index is 12.3. The zero-order chi connectivity index (χ0) is 12.5. The van der Waals surface area contributed by atoms with Gasteiger partial charge in [-0.2, -0.15) is 18.2 Å². The van der Waals surface area contributed by atoms with Gasteiger partial charge in [-0.3, -0.25) is 0 Å². The topological polar surface area (TPSA) is 51.0 Å². The SMILES string of the molecule is CCNC1CCCC1c1nc(C(F)(F)F)no1. The Balaban J connectivity index is 2.14. The smallest absolute Gasteiger partial charge is 0.339 e. The average molecular weight is 249 g/mol. The summed E-state index contributed by atoms with van der Waals surface area (Å²) < 4.78 is 41.7. The number of alkyl halides is 3. The van der Waals surface area contributed by atoms with Gasteiger partial charge < -0.3 is 9.84 Å². The molecule has 0 saturated heterocycles. The van der Waals surface area contributed by atoms with E-state index < -0.39 is 12.0 Å². The fourth-order valence-corrected chi connectivity index (χ4v) is 2.26. The van der Waals surface area contributed by atoms with Gasteiger partial charge in [0.2, 0.25) is 5.89 Å². The summed E-state index contributed by atoms with van der Waals surface area (Å²) in [6, 6.07) is 0.140. The van der Waals surface area contributed by atoms with Crippen molar-refractivity contribution >= 4 is 0 Å². The molecule has 1 N–H and O–H groups in total. The highest BCUT2D eigenvalue weighted by Gasteiger charge is 2.40. The van der Waals surface area contributed by atoms with E-state index in [1.807, 2.05) is 6.92 Å². The van der Waals surface area contributed by atoms with Crippen molar-refractivity contribution in [2.24, 2.45) is 0 Å². The highest BCUT2D eigenvalue weighted by Crippen LogP contribution is 2.35. The predicted molar refractivity (Wildman–Crippen MR) is 53.4 cm³/mol. The number of aromatic nitrogens is 2. The van der Waals surface area contributed by atoms with E-state index >= 15 is 0 Å². The second kappa shape index (κ2) is 4.64. The van der Waals surface area contributed by atoms with Crippen molar-refractivity contribution in [2.75, 3.05) is 6.54 Å². The molecular weight excluding hydrogens is 235 g/mol. The molecule has 1 saturated carbocycles. The lowest BCUT2D eigenvalue weighted by Gasteiger charge is -2.16. The number of nitrogens with zero attached hydrogens (tertiary/aromatic N) is 2. The van der Waals surface area contributed by atoms with Crippen molar-refractivity contribution in [2.45, 2.75) is 44.3 Å². The fourth-order valence-electron chi connectivity index (χ4n) is 2.26. The molecule has 4 nitrogen and oxygen atoms in total. The van der Waals surface area contributed by atoms with Gasteiger partial charge >= 0.3 is 6.18 Å². The zero-order valence-corrected chi connectivity index (χ0v) is 9.42. The Morgan fingerprint density at radius 2 is 2.18 bits per heavy atom. The van der Waals surface area contributed by atoms with Crippen molar-refractivity contribution in [1.29, 1.82) is 0 Å². The van der Waals surface area contributed by atoms with Crippen molar-refractivity contribution in [1.82, 2.24) is 15.5 Å². The molecule has 17 heavy (non-hydrogen) atoms. The lowest BCUT2D eigenvalue weighted by atomic mass is 10.0. The zero-order valence-electron chi connectivity index (χ0n) is 9.42. The summed E-state index contributed by atoms with van der Waals surface area (Å²) in [5.41, 5.74) is 0. The second-order valence-corrected chi connectivity index (χ2v) is 4.16. The molecule has 0 radical (unpaired) electrons. The van der Waals surface area contributed by atoms with Crippen LogP contribution in [-0.4, -0.2) is 22.7 Å². The van der Waals surface area contributed by atoms with Crippen LogP contribution in [0.3, 0.4) is 0 Å². The highest BCUT2D eigenvalue weighted by atomic mass is 19.4. The number of rotatable bonds is 3. The van der Waals surface area contributed by atoms with E-state index in [2.05, 4.69) is 15.5 Å². The number of hydrogen-bond donors (Lipinski definition) is 1. The first kappa shape index (κ1) is 12.3. The summed E-state index contributed by atoms with van der Waals surface area (Å²) >= 11 is 0. The molecule has 96 valence electrons. The van der Waals surface area contributed by atoms with Crippen LogP contribution in [0.15, 0.2) is 4.52 Å². The van der Waals surface area contributed by atoms with Gasteiger partial charge in [-0.1, -0.05) is 18.5 Å². The molecule has 1 aromatic heterocycles. The summed E-state index contributed by atoms with van der Waals surface area (Å²) in [6.07, 6.45) is -1.85. The van der Waals surface area contributed by atoms with Crippen LogP contribution in [0.4, 0.5) is 13.2 Å². The third-order valence-electron chi connectivity index (χ3n) is 2.99. The van der Waals surface area contributed by atoms with Crippen molar-refractivity contribution in [3.63, 3.8) is 0 Å². The van der Waals surface area contributed by atoms with Crippen molar-refractivity contribution in [3.05, 3.63) is 11.7 Å². The molecule has 0 amide bonds. The Morgan fingerprint density at radius 3 is 2.76 bits per heavy atom. The van der Waals surface area contributed by atoms with E-state index in [4.69, 9.17) is 4.52 Å². The molecular formula is C10H14F3N3O. The molecule has 2 rings (SSSR count). The Hall–Kier alpha value is -1.11. The summed E-state index contributed by atoms with van der Waals surface area (Å²) in [4.78, 5) is 3.45. The normalized spacial score (nSPS) is 25.4. The number of halogens is 3. The molecule has 0 aromatic carbocycles. The molecule has 1 fully saturated rings. The first-order valence-electron chi connectivity index (χ1n) is 5.66. The first-order chi connectivity index (χ1) is 8.02. The highest BCUT2D eigenvalue weighted by molar-refractivity contribution is 5.04. The van der Waals surface area contributed by atoms with Gasteiger partial charge in [0, 0.05) is 6.04 Å². The van der Waals surface area contributed by atoms with Crippen LogP contribution < -0.4 is 5.32 Å². The largest absolute Gasteiger partial charge is 0.455 e. The molecule has 2 atom stereocenters. The van der Waals surface area contributed by atoms with E-state index in [1.54, 1.807) is 0 Å². The van der Waals surface area contributed by atoms with Crippen LogP contribution in [0.25, 0.3) is 0 Å². The fraction of sp³-hybridized carbons (Fsp3) is 0.800. The summed E-state index contributed by atoms with van der Waals surface area (Å²) in [7, 11) is 0. The Labute approximate surface area is 96.6 Å². The van der Waals surface area contributed by atoms with Crippen molar-refractivity contribution in [3.8, 4) is 0 Å².